The van der Waals surface area contributed by atoms with Gasteiger partial charge in [-0.2, -0.15) is 11.8 Å². The van der Waals surface area contributed by atoms with Crippen molar-refractivity contribution in [3.63, 3.8) is 0 Å². The van der Waals surface area contributed by atoms with Gasteiger partial charge in [-0.25, -0.2) is 4.79 Å². The predicted molar refractivity (Wildman–Crippen MR) is 87.8 cm³/mol. The summed E-state index contributed by atoms with van der Waals surface area (Å²) in [5, 5.41) is 16.3. The molecule has 1 fully saturated rings. The van der Waals surface area contributed by atoms with Crippen LogP contribution in [0.5, 0.6) is 0 Å². The van der Waals surface area contributed by atoms with Crippen LogP contribution in [0.2, 0.25) is 0 Å². The van der Waals surface area contributed by atoms with Gasteiger partial charge in [-0.3, -0.25) is 0 Å². The van der Waals surface area contributed by atoms with Crippen LogP contribution in [0.1, 0.15) is 35.6 Å². The SMILES string of the molecule is Cc1cc(C)cc([C@H](O)CNC(=O)NC[C@H]2CCCS2)c1. The van der Waals surface area contributed by atoms with Crippen molar-refractivity contribution in [1.82, 2.24) is 10.6 Å². The van der Waals surface area contributed by atoms with Crippen LogP contribution in [0.25, 0.3) is 0 Å². The molecule has 0 radical (unpaired) electrons. The highest BCUT2D eigenvalue weighted by Crippen LogP contribution is 2.25. The summed E-state index contributed by atoms with van der Waals surface area (Å²) in [6.07, 6.45) is 1.75. The standard InChI is InChI=1S/C16H24N2O2S/c1-11-6-12(2)8-13(7-11)15(19)10-18-16(20)17-9-14-4-3-5-21-14/h6-8,14-15,19H,3-5,9-10H2,1-2H3,(H2,17,18,20)/t14-,15-/m1/s1. The highest BCUT2D eigenvalue weighted by Gasteiger charge is 2.16. The van der Waals surface area contributed by atoms with E-state index in [0.717, 1.165) is 16.7 Å². The van der Waals surface area contributed by atoms with E-state index in [1.54, 1.807) is 0 Å². The lowest BCUT2D eigenvalue weighted by Crippen LogP contribution is -2.40. The number of amides is 2. The van der Waals surface area contributed by atoms with Crippen molar-refractivity contribution >= 4 is 17.8 Å². The molecule has 21 heavy (non-hydrogen) atoms. The molecule has 2 amide bonds. The molecule has 1 aromatic rings. The second-order valence-corrected chi connectivity index (χ2v) is 7.07. The smallest absolute Gasteiger partial charge is 0.314 e. The van der Waals surface area contributed by atoms with Gasteiger partial charge in [0.1, 0.15) is 0 Å². The Hall–Kier alpha value is -1.20. The molecule has 3 N–H and O–H groups in total. The van der Waals surface area contributed by atoms with Crippen LogP contribution < -0.4 is 10.6 Å². The van der Waals surface area contributed by atoms with Crippen molar-refractivity contribution in [2.75, 3.05) is 18.8 Å². The molecule has 0 aliphatic carbocycles. The number of thioether (sulfide) groups is 1. The number of urea groups is 1. The Balaban J connectivity index is 1.74. The van der Waals surface area contributed by atoms with Gasteiger partial charge in [0.2, 0.25) is 0 Å². The Morgan fingerprint density at radius 1 is 1.33 bits per heavy atom. The van der Waals surface area contributed by atoms with E-state index in [4.69, 9.17) is 0 Å². The van der Waals surface area contributed by atoms with Gasteiger partial charge in [-0.15, -0.1) is 0 Å². The van der Waals surface area contributed by atoms with Crippen LogP contribution in [-0.4, -0.2) is 35.2 Å². The molecule has 1 aliphatic heterocycles. The van der Waals surface area contributed by atoms with Crippen molar-refractivity contribution in [2.24, 2.45) is 0 Å². The van der Waals surface area contributed by atoms with Gasteiger partial charge in [-0.05, 0) is 38.0 Å². The highest BCUT2D eigenvalue weighted by molar-refractivity contribution is 8.00. The quantitative estimate of drug-likeness (QED) is 0.783. The Morgan fingerprint density at radius 3 is 2.67 bits per heavy atom. The monoisotopic (exact) mass is 308 g/mol. The molecular weight excluding hydrogens is 284 g/mol. The number of rotatable bonds is 5. The summed E-state index contributed by atoms with van der Waals surface area (Å²) in [5.74, 6) is 1.19. The van der Waals surface area contributed by atoms with Crippen molar-refractivity contribution in [2.45, 2.75) is 38.0 Å². The number of aliphatic hydroxyl groups is 1. The Bertz CT molecular complexity index is 467. The summed E-state index contributed by atoms with van der Waals surface area (Å²) >= 11 is 1.92. The summed E-state index contributed by atoms with van der Waals surface area (Å²) in [6.45, 7) is 4.94. The minimum absolute atomic E-state index is 0.203. The zero-order valence-electron chi connectivity index (χ0n) is 12.7. The second-order valence-electron chi connectivity index (χ2n) is 5.66. The van der Waals surface area contributed by atoms with Gasteiger partial charge >= 0.3 is 6.03 Å². The molecule has 1 aromatic carbocycles. The molecule has 1 heterocycles. The van der Waals surface area contributed by atoms with E-state index in [1.807, 2.05) is 37.7 Å². The lowest BCUT2D eigenvalue weighted by atomic mass is 10.0. The van der Waals surface area contributed by atoms with Gasteiger partial charge in [0.15, 0.2) is 0 Å². The zero-order valence-corrected chi connectivity index (χ0v) is 13.5. The third kappa shape index (κ3) is 5.25. The van der Waals surface area contributed by atoms with Crippen LogP contribution in [0, 0.1) is 13.8 Å². The summed E-state index contributed by atoms with van der Waals surface area (Å²) in [5.41, 5.74) is 3.08. The summed E-state index contributed by atoms with van der Waals surface area (Å²) in [6, 6.07) is 5.76. The first-order chi connectivity index (χ1) is 10.0. The first kappa shape index (κ1) is 16.2. The fourth-order valence-electron chi connectivity index (χ4n) is 2.58. The van der Waals surface area contributed by atoms with Gasteiger partial charge in [0, 0.05) is 18.3 Å². The second kappa shape index (κ2) is 7.71. The number of carbonyl (C=O) groups excluding carboxylic acids is 1. The molecule has 4 nitrogen and oxygen atoms in total. The Morgan fingerprint density at radius 2 is 2.05 bits per heavy atom. The van der Waals surface area contributed by atoms with E-state index in [1.165, 1.54) is 18.6 Å². The van der Waals surface area contributed by atoms with E-state index < -0.39 is 6.10 Å². The van der Waals surface area contributed by atoms with Crippen molar-refractivity contribution < 1.29 is 9.90 Å². The summed E-state index contributed by atoms with van der Waals surface area (Å²) in [7, 11) is 0. The number of nitrogens with one attached hydrogen (secondary N) is 2. The molecule has 1 aliphatic rings. The lowest BCUT2D eigenvalue weighted by molar-refractivity contribution is 0.173. The van der Waals surface area contributed by atoms with Crippen LogP contribution in [0.3, 0.4) is 0 Å². The lowest BCUT2D eigenvalue weighted by Gasteiger charge is -2.15. The summed E-state index contributed by atoms with van der Waals surface area (Å²) in [4.78, 5) is 11.7. The first-order valence-corrected chi connectivity index (χ1v) is 8.49. The number of aryl methyl sites for hydroxylation is 2. The molecule has 5 heteroatoms. The Kier molecular flexibility index (Phi) is 5.94. The highest BCUT2D eigenvalue weighted by atomic mass is 32.2. The van der Waals surface area contributed by atoms with E-state index in [9.17, 15) is 9.90 Å². The number of carbonyl (C=O) groups is 1. The van der Waals surface area contributed by atoms with Crippen molar-refractivity contribution in [3.05, 3.63) is 34.9 Å². The first-order valence-electron chi connectivity index (χ1n) is 7.44. The molecule has 0 saturated carbocycles. The maximum absolute atomic E-state index is 11.7. The average Bonchev–Trinajstić information content (AvgIpc) is 2.94. The molecule has 2 atom stereocenters. The minimum atomic E-state index is -0.671. The number of aliphatic hydroxyl groups excluding tert-OH is 1. The molecule has 2 rings (SSSR count). The zero-order chi connectivity index (χ0) is 15.2. The van der Waals surface area contributed by atoms with Crippen molar-refractivity contribution in [3.8, 4) is 0 Å². The predicted octanol–water partition coefficient (Wildman–Crippen LogP) is 2.53. The molecule has 1 saturated heterocycles. The van der Waals surface area contributed by atoms with Crippen LogP contribution in [-0.2, 0) is 0 Å². The van der Waals surface area contributed by atoms with Gasteiger partial charge in [-0.1, -0.05) is 29.3 Å². The van der Waals surface area contributed by atoms with E-state index >= 15 is 0 Å². The number of hydrogen-bond donors (Lipinski definition) is 3. The fourth-order valence-corrected chi connectivity index (χ4v) is 3.79. The maximum Gasteiger partial charge on any atom is 0.314 e. The maximum atomic E-state index is 11.7. The molecule has 0 spiro atoms. The van der Waals surface area contributed by atoms with Gasteiger partial charge < -0.3 is 15.7 Å². The van der Waals surface area contributed by atoms with E-state index in [0.29, 0.717) is 11.8 Å². The molecular formula is C16H24N2O2S. The topological polar surface area (TPSA) is 61.4 Å². The average molecular weight is 308 g/mol. The number of hydrogen-bond acceptors (Lipinski definition) is 3. The summed E-state index contributed by atoms with van der Waals surface area (Å²) < 4.78 is 0. The van der Waals surface area contributed by atoms with E-state index in [2.05, 4.69) is 16.7 Å². The van der Waals surface area contributed by atoms with Crippen molar-refractivity contribution in [1.29, 1.82) is 0 Å². The van der Waals surface area contributed by atoms with Crippen LogP contribution >= 0.6 is 11.8 Å². The normalized spacial score (nSPS) is 19.3. The molecule has 116 valence electrons. The van der Waals surface area contributed by atoms with Crippen LogP contribution in [0.15, 0.2) is 18.2 Å². The fraction of sp³-hybridized carbons (Fsp3) is 0.562. The number of benzene rings is 1. The third-order valence-corrected chi connectivity index (χ3v) is 5.00. The minimum Gasteiger partial charge on any atom is -0.387 e. The van der Waals surface area contributed by atoms with Gasteiger partial charge in [0.05, 0.1) is 6.10 Å². The molecule has 0 bridgehead atoms. The Labute approximate surface area is 130 Å². The van der Waals surface area contributed by atoms with E-state index in [-0.39, 0.29) is 12.6 Å². The largest absolute Gasteiger partial charge is 0.387 e. The molecule has 0 unspecified atom stereocenters. The third-order valence-electron chi connectivity index (χ3n) is 3.60. The van der Waals surface area contributed by atoms with Crippen LogP contribution in [0.4, 0.5) is 4.79 Å². The van der Waals surface area contributed by atoms with Gasteiger partial charge in [0.25, 0.3) is 0 Å². The molecule has 0 aromatic heterocycles.